The lowest BCUT2D eigenvalue weighted by atomic mass is 10.2. The Labute approximate surface area is 204 Å². The van der Waals surface area contributed by atoms with Crippen LogP contribution in [0.2, 0.25) is 10.0 Å². The van der Waals surface area contributed by atoms with E-state index in [1.165, 1.54) is 23.9 Å². The predicted octanol–water partition coefficient (Wildman–Crippen LogP) is 6.61. The number of carbonyl (C=O) groups is 2. The molecule has 0 N–H and O–H groups in total. The summed E-state index contributed by atoms with van der Waals surface area (Å²) in [7, 11) is 0. The molecule has 4 nitrogen and oxygen atoms in total. The van der Waals surface area contributed by atoms with E-state index in [0.29, 0.717) is 26.5 Å². The van der Waals surface area contributed by atoms with E-state index >= 15 is 0 Å². The first kappa shape index (κ1) is 22.6. The molecule has 0 spiro atoms. The summed E-state index contributed by atoms with van der Waals surface area (Å²) in [5.74, 6) is -0.354. The summed E-state index contributed by atoms with van der Waals surface area (Å²) < 4.78 is 5.90. The number of benzene rings is 3. The minimum Gasteiger partial charge on any atom is -0.423 e. The lowest BCUT2D eigenvalue weighted by molar-refractivity contribution is -0.122. The van der Waals surface area contributed by atoms with Gasteiger partial charge in [0.2, 0.25) is 0 Å². The first-order valence-electron chi connectivity index (χ1n) is 9.47. The van der Waals surface area contributed by atoms with E-state index < -0.39 is 5.97 Å². The first-order chi connectivity index (χ1) is 15.4. The Morgan fingerprint density at radius 2 is 1.75 bits per heavy atom. The van der Waals surface area contributed by atoms with Crippen LogP contribution in [0.25, 0.3) is 6.08 Å². The van der Waals surface area contributed by atoms with Crippen molar-refractivity contribution in [2.24, 2.45) is 0 Å². The highest BCUT2D eigenvalue weighted by Gasteiger charge is 2.31. The number of thiocarbonyl (C=S) groups is 1. The molecule has 0 bridgehead atoms. The zero-order valence-electron chi connectivity index (χ0n) is 16.5. The Balaban J connectivity index is 1.44. The third-order valence-electron chi connectivity index (χ3n) is 4.60. The van der Waals surface area contributed by atoms with Crippen LogP contribution < -0.4 is 4.74 Å². The number of hydrogen-bond donors (Lipinski definition) is 0. The average molecular weight is 500 g/mol. The van der Waals surface area contributed by atoms with Gasteiger partial charge in [-0.15, -0.1) is 0 Å². The summed E-state index contributed by atoms with van der Waals surface area (Å²) in [5.41, 5.74) is 2.02. The lowest BCUT2D eigenvalue weighted by Crippen LogP contribution is -2.27. The van der Waals surface area contributed by atoms with Crippen molar-refractivity contribution >= 4 is 69.5 Å². The van der Waals surface area contributed by atoms with Gasteiger partial charge in [-0.3, -0.25) is 9.69 Å². The van der Waals surface area contributed by atoms with Gasteiger partial charge in [0.05, 0.1) is 22.0 Å². The maximum Gasteiger partial charge on any atom is 0.345 e. The van der Waals surface area contributed by atoms with Gasteiger partial charge < -0.3 is 4.74 Å². The highest BCUT2D eigenvalue weighted by atomic mass is 35.5. The van der Waals surface area contributed by atoms with Crippen molar-refractivity contribution in [3.8, 4) is 5.75 Å². The number of thioether (sulfide) groups is 1. The Kier molecular flexibility index (Phi) is 6.96. The second-order valence-corrected chi connectivity index (χ2v) is 9.36. The molecule has 4 rings (SSSR count). The number of halogens is 2. The topological polar surface area (TPSA) is 46.6 Å². The number of esters is 1. The molecular formula is C24H15Cl2NO3S2. The van der Waals surface area contributed by atoms with E-state index in [4.69, 9.17) is 40.2 Å². The molecule has 1 aliphatic rings. The number of ether oxygens (including phenoxy) is 1. The van der Waals surface area contributed by atoms with Crippen LogP contribution in [0.3, 0.4) is 0 Å². The number of rotatable bonds is 5. The fraction of sp³-hybridized carbons (Fsp3) is 0.0417. The van der Waals surface area contributed by atoms with Gasteiger partial charge >= 0.3 is 5.97 Å². The van der Waals surface area contributed by atoms with Crippen molar-refractivity contribution in [2.75, 3.05) is 0 Å². The maximum absolute atomic E-state index is 12.8. The van der Waals surface area contributed by atoms with Crippen molar-refractivity contribution in [1.82, 2.24) is 4.90 Å². The number of nitrogens with zero attached hydrogens (tertiary/aromatic N) is 1. The summed E-state index contributed by atoms with van der Waals surface area (Å²) in [5, 5.41) is 0.654. The van der Waals surface area contributed by atoms with Crippen molar-refractivity contribution in [3.63, 3.8) is 0 Å². The van der Waals surface area contributed by atoms with E-state index in [-0.39, 0.29) is 16.5 Å². The normalized spacial score (nSPS) is 14.8. The average Bonchev–Trinajstić information content (AvgIpc) is 3.03. The molecule has 0 radical (unpaired) electrons. The molecule has 0 aliphatic carbocycles. The van der Waals surface area contributed by atoms with E-state index in [0.717, 1.165) is 11.1 Å². The minimum atomic E-state index is -0.582. The summed E-state index contributed by atoms with van der Waals surface area (Å²) in [4.78, 5) is 27.3. The molecule has 3 aromatic rings. The Morgan fingerprint density at radius 1 is 1.03 bits per heavy atom. The molecule has 0 unspecified atom stereocenters. The van der Waals surface area contributed by atoms with Crippen molar-refractivity contribution < 1.29 is 14.3 Å². The fourth-order valence-corrected chi connectivity index (χ4v) is 4.74. The molecule has 1 saturated heterocycles. The van der Waals surface area contributed by atoms with Crippen molar-refractivity contribution in [1.29, 1.82) is 0 Å². The van der Waals surface area contributed by atoms with Crippen LogP contribution in [0, 0.1) is 0 Å². The first-order valence-corrected chi connectivity index (χ1v) is 11.5. The standard InChI is InChI=1S/C24H15Cl2NO3S2/c25-17-8-11-19(20(26)13-17)23(29)30-18-9-6-15(7-10-18)12-21-22(28)27(24(31)32-21)14-16-4-2-1-3-5-16/h1-13H,14H2. The number of amides is 1. The molecule has 8 heteroatoms. The monoisotopic (exact) mass is 499 g/mol. The van der Waals surface area contributed by atoms with Crippen LogP contribution >= 0.6 is 47.2 Å². The van der Waals surface area contributed by atoms with Gasteiger partial charge in [0.1, 0.15) is 10.1 Å². The van der Waals surface area contributed by atoms with Gasteiger partial charge in [0.25, 0.3) is 5.91 Å². The second kappa shape index (κ2) is 9.88. The molecule has 1 fully saturated rings. The molecule has 0 saturated carbocycles. The number of carbonyl (C=O) groups excluding carboxylic acids is 2. The zero-order valence-corrected chi connectivity index (χ0v) is 19.6. The number of hydrogen-bond acceptors (Lipinski definition) is 5. The smallest absolute Gasteiger partial charge is 0.345 e. The SMILES string of the molecule is O=C(Oc1ccc(C=C2SC(=S)N(Cc3ccccc3)C2=O)cc1)c1ccc(Cl)cc1Cl. The lowest BCUT2D eigenvalue weighted by Gasteiger charge is -2.14. The third kappa shape index (κ3) is 5.22. The van der Waals surface area contributed by atoms with Gasteiger partial charge in [-0.05, 0) is 47.5 Å². The van der Waals surface area contributed by atoms with Gasteiger partial charge in [0.15, 0.2) is 0 Å². The van der Waals surface area contributed by atoms with E-state index in [9.17, 15) is 9.59 Å². The van der Waals surface area contributed by atoms with E-state index in [2.05, 4.69) is 0 Å². The van der Waals surface area contributed by atoms with Gasteiger partial charge in [-0.2, -0.15) is 0 Å². The Hall–Kier alpha value is -2.64. The van der Waals surface area contributed by atoms with Gasteiger partial charge in [-0.1, -0.05) is 89.6 Å². The quantitative estimate of drug-likeness (QED) is 0.171. The highest BCUT2D eigenvalue weighted by Crippen LogP contribution is 2.34. The molecular weight excluding hydrogens is 485 g/mol. The highest BCUT2D eigenvalue weighted by molar-refractivity contribution is 8.26. The summed E-state index contributed by atoms with van der Waals surface area (Å²) in [6.45, 7) is 0.436. The molecule has 160 valence electrons. The molecule has 0 atom stereocenters. The van der Waals surface area contributed by atoms with Crippen LogP contribution in [0.1, 0.15) is 21.5 Å². The molecule has 3 aromatic carbocycles. The van der Waals surface area contributed by atoms with Crippen molar-refractivity contribution in [3.05, 3.63) is 104 Å². The molecule has 1 amide bonds. The van der Waals surface area contributed by atoms with Crippen LogP contribution in [0.4, 0.5) is 0 Å². The Morgan fingerprint density at radius 3 is 2.44 bits per heavy atom. The fourth-order valence-electron chi connectivity index (χ4n) is 3.00. The second-order valence-electron chi connectivity index (χ2n) is 6.84. The third-order valence-corrected chi connectivity index (χ3v) is 6.52. The summed E-state index contributed by atoms with van der Waals surface area (Å²) >= 11 is 18.6. The van der Waals surface area contributed by atoms with Crippen LogP contribution in [-0.4, -0.2) is 21.1 Å². The zero-order chi connectivity index (χ0) is 22.7. The molecule has 1 heterocycles. The molecule has 0 aromatic heterocycles. The molecule has 32 heavy (non-hydrogen) atoms. The van der Waals surface area contributed by atoms with Crippen LogP contribution in [0.15, 0.2) is 77.7 Å². The Bertz CT molecular complexity index is 1230. The summed E-state index contributed by atoms with van der Waals surface area (Å²) in [6.07, 6.45) is 1.77. The van der Waals surface area contributed by atoms with Crippen LogP contribution in [-0.2, 0) is 11.3 Å². The van der Waals surface area contributed by atoms with Gasteiger partial charge in [0, 0.05) is 5.02 Å². The van der Waals surface area contributed by atoms with Crippen molar-refractivity contribution in [2.45, 2.75) is 6.54 Å². The predicted molar refractivity (Wildman–Crippen MR) is 133 cm³/mol. The van der Waals surface area contributed by atoms with E-state index in [1.54, 1.807) is 41.3 Å². The maximum atomic E-state index is 12.8. The largest absolute Gasteiger partial charge is 0.423 e. The minimum absolute atomic E-state index is 0.128. The van der Waals surface area contributed by atoms with Crippen LogP contribution in [0.5, 0.6) is 5.75 Å². The van der Waals surface area contributed by atoms with Gasteiger partial charge in [-0.25, -0.2) is 4.79 Å². The summed E-state index contributed by atoms with van der Waals surface area (Å²) in [6, 6.07) is 21.1. The molecule has 1 aliphatic heterocycles. The van der Waals surface area contributed by atoms with E-state index in [1.807, 2.05) is 30.3 Å².